The third kappa shape index (κ3) is 4.07. The first-order valence-corrected chi connectivity index (χ1v) is 6.72. The summed E-state index contributed by atoms with van der Waals surface area (Å²) < 4.78 is 0. The van der Waals surface area contributed by atoms with Crippen molar-refractivity contribution < 1.29 is 14.7 Å². The SMILES string of the molecule is Cc1cccc(CC(=O)Nc2ccc(Cl)cc2C(=O)O)c1. The van der Waals surface area contributed by atoms with E-state index in [1.54, 1.807) is 0 Å². The molecule has 1 amide bonds. The number of aromatic carboxylic acids is 1. The number of aryl methyl sites for hydroxylation is 1. The van der Waals surface area contributed by atoms with Crippen LogP contribution in [0, 0.1) is 6.92 Å². The number of anilines is 1. The normalized spacial score (nSPS) is 10.2. The maximum atomic E-state index is 12.0. The highest BCUT2D eigenvalue weighted by molar-refractivity contribution is 6.31. The van der Waals surface area contributed by atoms with Crippen molar-refractivity contribution in [3.63, 3.8) is 0 Å². The number of carboxylic acids is 1. The number of benzene rings is 2. The van der Waals surface area contributed by atoms with E-state index < -0.39 is 5.97 Å². The molecular weight excluding hydrogens is 290 g/mol. The highest BCUT2D eigenvalue weighted by atomic mass is 35.5. The van der Waals surface area contributed by atoms with Gasteiger partial charge in [0.05, 0.1) is 17.7 Å². The van der Waals surface area contributed by atoms with Crippen LogP contribution in [0.1, 0.15) is 21.5 Å². The predicted octanol–water partition coefficient (Wildman–Crippen LogP) is 3.53. The number of halogens is 1. The number of carbonyl (C=O) groups excluding carboxylic acids is 1. The Balaban J connectivity index is 2.15. The van der Waals surface area contributed by atoms with Crippen LogP contribution >= 0.6 is 11.6 Å². The van der Waals surface area contributed by atoms with E-state index in [2.05, 4.69) is 5.32 Å². The summed E-state index contributed by atoms with van der Waals surface area (Å²) in [5, 5.41) is 12.0. The second kappa shape index (κ2) is 6.41. The zero-order valence-corrected chi connectivity index (χ0v) is 12.1. The van der Waals surface area contributed by atoms with Gasteiger partial charge in [0.1, 0.15) is 0 Å². The monoisotopic (exact) mass is 303 g/mol. The first kappa shape index (κ1) is 15.1. The summed E-state index contributed by atoms with van der Waals surface area (Å²) in [6, 6.07) is 11.9. The highest BCUT2D eigenvalue weighted by Crippen LogP contribution is 2.21. The standard InChI is InChI=1S/C16H14ClNO3/c1-10-3-2-4-11(7-10)8-15(19)18-14-6-5-12(17)9-13(14)16(20)21/h2-7,9H,8H2,1H3,(H,18,19)(H,20,21). The molecule has 0 aliphatic heterocycles. The maximum absolute atomic E-state index is 12.0. The zero-order chi connectivity index (χ0) is 15.4. The Morgan fingerprint density at radius 3 is 2.62 bits per heavy atom. The smallest absolute Gasteiger partial charge is 0.337 e. The van der Waals surface area contributed by atoms with Gasteiger partial charge in [-0.1, -0.05) is 41.4 Å². The van der Waals surface area contributed by atoms with Gasteiger partial charge in [-0.25, -0.2) is 4.79 Å². The van der Waals surface area contributed by atoms with Crippen molar-refractivity contribution in [3.05, 3.63) is 64.2 Å². The lowest BCUT2D eigenvalue weighted by Crippen LogP contribution is -2.16. The van der Waals surface area contributed by atoms with Crippen molar-refractivity contribution in [1.82, 2.24) is 0 Å². The minimum absolute atomic E-state index is 0.0277. The number of carbonyl (C=O) groups is 2. The summed E-state index contributed by atoms with van der Waals surface area (Å²) in [4.78, 5) is 23.2. The van der Waals surface area contributed by atoms with Gasteiger partial charge in [0.25, 0.3) is 0 Å². The second-order valence-electron chi connectivity index (χ2n) is 4.71. The van der Waals surface area contributed by atoms with E-state index in [1.807, 2.05) is 31.2 Å². The van der Waals surface area contributed by atoms with E-state index in [4.69, 9.17) is 16.7 Å². The minimum Gasteiger partial charge on any atom is -0.478 e. The van der Waals surface area contributed by atoms with Crippen molar-refractivity contribution in [2.45, 2.75) is 13.3 Å². The molecule has 0 saturated heterocycles. The maximum Gasteiger partial charge on any atom is 0.337 e. The Morgan fingerprint density at radius 2 is 1.95 bits per heavy atom. The van der Waals surface area contributed by atoms with Gasteiger partial charge in [0.2, 0.25) is 5.91 Å². The van der Waals surface area contributed by atoms with Crippen molar-refractivity contribution in [3.8, 4) is 0 Å². The summed E-state index contributed by atoms with van der Waals surface area (Å²) in [5.74, 6) is -1.41. The molecule has 2 rings (SSSR count). The van der Waals surface area contributed by atoms with Crippen LogP contribution in [0.15, 0.2) is 42.5 Å². The van der Waals surface area contributed by atoms with E-state index >= 15 is 0 Å². The predicted molar refractivity (Wildman–Crippen MR) is 81.9 cm³/mol. The molecule has 0 atom stereocenters. The van der Waals surface area contributed by atoms with E-state index in [1.165, 1.54) is 18.2 Å². The van der Waals surface area contributed by atoms with Crippen molar-refractivity contribution in [1.29, 1.82) is 0 Å². The van der Waals surface area contributed by atoms with E-state index in [-0.39, 0.29) is 23.6 Å². The fourth-order valence-electron chi connectivity index (χ4n) is 2.00. The molecule has 0 heterocycles. The number of nitrogens with one attached hydrogen (secondary N) is 1. The topological polar surface area (TPSA) is 66.4 Å². The van der Waals surface area contributed by atoms with Gasteiger partial charge in [-0.3, -0.25) is 4.79 Å². The van der Waals surface area contributed by atoms with Gasteiger partial charge in [0, 0.05) is 5.02 Å². The fraction of sp³-hybridized carbons (Fsp3) is 0.125. The Bertz CT molecular complexity index is 698. The van der Waals surface area contributed by atoms with Crippen LogP contribution in [0.25, 0.3) is 0 Å². The summed E-state index contributed by atoms with van der Waals surface area (Å²) in [7, 11) is 0. The third-order valence-electron chi connectivity index (χ3n) is 2.93. The Kier molecular flexibility index (Phi) is 4.60. The molecule has 0 fully saturated rings. The van der Waals surface area contributed by atoms with Crippen LogP contribution in [0.5, 0.6) is 0 Å². The molecule has 0 spiro atoms. The Labute approximate surface area is 127 Å². The molecule has 0 saturated carbocycles. The second-order valence-corrected chi connectivity index (χ2v) is 5.15. The molecular formula is C16H14ClNO3. The lowest BCUT2D eigenvalue weighted by molar-refractivity contribution is -0.115. The quantitative estimate of drug-likeness (QED) is 0.908. The lowest BCUT2D eigenvalue weighted by atomic mass is 10.1. The van der Waals surface area contributed by atoms with E-state index in [9.17, 15) is 9.59 Å². The summed E-state index contributed by atoms with van der Waals surface area (Å²) in [6.07, 6.45) is 0.184. The molecule has 0 bridgehead atoms. The Hall–Kier alpha value is -2.33. The highest BCUT2D eigenvalue weighted by Gasteiger charge is 2.13. The first-order valence-electron chi connectivity index (χ1n) is 6.34. The van der Waals surface area contributed by atoms with Gasteiger partial charge in [-0.15, -0.1) is 0 Å². The third-order valence-corrected chi connectivity index (χ3v) is 3.17. The van der Waals surface area contributed by atoms with Crippen LogP contribution in [0.3, 0.4) is 0 Å². The average molecular weight is 304 g/mol. The van der Waals surface area contributed by atoms with Crippen LogP contribution in [-0.4, -0.2) is 17.0 Å². The van der Waals surface area contributed by atoms with Gasteiger partial charge >= 0.3 is 5.97 Å². The van der Waals surface area contributed by atoms with E-state index in [0.717, 1.165) is 11.1 Å². The molecule has 0 aliphatic rings. The summed E-state index contributed by atoms with van der Waals surface area (Å²) in [6.45, 7) is 1.95. The van der Waals surface area contributed by atoms with Crippen LogP contribution in [0.2, 0.25) is 5.02 Å². The average Bonchev–Trinajstić information content (AvgIpc) is 2.40. The summed E-state index contributed by atoms with van der Waals surface area (Å²) in [5.41, 5.74) is 2.15. The molecule has 0 aromatic heterocycles. The molecule has 108 valence electrons. The molecule has 4 nitrogen and oxygen atoms in total. The van der Waals surface area contributed by atoms with Gasteiger partial charge < -0.3 is 10.4 Å². The fourth-order valence-corrected chi connectivity index (χ4v) is 2.18. The molecule has 2 aromatic carbocycles. The lowest BCUT2D eigenvalue weighted by Gasteiger charge is -2.09. The number of rotatable bonds is 4. The molecule has 21 heavy (non-hydrogen) atoms. The van der Waals surface area contributed by atoms with E-state index in [0.29, 0.717) is 5.02 Å². The van der Waals surface area contributed by atoms with Crippen LogP contribution in [-0.2, 0) is 11.2 Å². The largest absolute Gasteiger partial charge is 0.478 e. The number of hydrogen-bond acceptors (Lipinski definition) is 2. The van der Waals surface area contributed by atoms with Crippen molar-refractivity contribution in [2.75, 3.05) is 5.32 Å². The van der Waals surface area contributed by atoms with Gasteiger partial charge in [-0.2, -0.15) is 0 Å². The molecule has 0 unspecified atom stereocenters. The molecule has 2 N–H and O–H groups in total. The number of carboxylic acid groups (broad SMARTS) is 1. The molecule has 2 aromatic rings. The zero-order valence-electron chi connectivity index (χ0n) is 11.4. The number of amides is 1. The van der Waals surface area contributed by atoms with Crippen molar-refractivity contribution in [2.24, 2.45) is 0 Å². The van der Waals surface area contributed by atoms with Crippen molar-refractivity contribution >= 4 is 29.2 Å². The molecule has 0 aliphatic carbocycles. The Morgan fingerprint density at radius 1 is 1.19 bits per heavy atom. The summed E-state index contributed by atoms with van der Waals surface area (Å²) >= 11 is 5.77. The first-order chi connectivity index (χ1) is 9.95. The molecule has 5 heteroatoms. The van der Waals surface area contributed by atoms with Gasteiger partial charge in [0.15, 0.2) is 0 Å². The number of hydrogen-bond donors (Lipinski definition) is 2. The van der Waals surface area contributed by atoms with Gasteiger partial charge in [-0.05, 0) is 30.7 Å². The molecule has 0 radical (unpaired) electrons. The minimum atomic E-state index is -1.14. The van der Waals surface area contributed by atoms with Crippen LogP contribution in [0.4, 0.5) is 5.69 Å². The van der Waals surface area contributed by atoms with Crippen LogP contribution < -0.4 is 5.32 Å².